The van der Waals surface area contributed by atoms with Gasteiger partial charge in [-0.1, -0.05) is 27.5 Å². The van der Waals surface area contributed by atoms with E-state index in [1.807, 2.05) is 0 Å². The van der Waals surface area contributed by atoms with Gasteiger partial charge < -0.3 is 15.2 Å². The number of carboxylic acids is 1. The second-order valence-electron chi connectivity index (χ2n) is 4.10. The monoisotopic (exact) mass is 377 g/mol. The van der Waals surface area contributed by atoms with Crippen LogP contribution in [0, 0.1) is 0 Å². The van der Waals surface area contributed by atoms with Crippen LogP contribution in [0.4, 0.5) is 0 Å². The number of esters is 1. The maximum atomic E-state index is 12.1. The van der Waals surface area contributed by atoms with Gasteiger partial charge >= 0.3 is 11.9 Å². The van der Waals surface area contributed by atoms with E-state index < -0.39 is 23.9 Å². The van der Waals surface area contributed by atoms with Crippen LogP contribution in [0.25, 0.3) is 0 Å². The molecule has 0 unspecified atom stereocenters. The molecule has 0 radical (unpaired) electrons. The molecule has 0 saturated carbocycles. The standard InChI is InChI=1S/C13H13BrClNO5/c1-21-11(17)5-4-10(13(19)20)16-12(18)8-6-7(14)2-3-9(8)15/h2-3,6,10H,4-5H2,1H3,(H,16,18)(H,19,20)/t10-/m1/s1. The molecule has 114 valence electrons. The highest BCUT2D eigenvalue weighted by Gasteiger charge is 2.23. The summed E-state index contributed by atoms with van der Waals surface area (Å²) in [5, 5.41) is 11.6. The predicted octanol–water partition coefficient (Wildman–Crippen LogP) is 2.24. The van der Waals surface area contributed by atoms with Crippen molar-refractivity contribution in [1.82, 2.24) is 5.32 Å². The Morgan fingerprint density at radius 2 is 2.10 bits per heavy atom. The lowest BCUT2D eigenvalue weighted by atomic mass is 10.1. The molecule has 0 bridgehead atoms. The lowest BCUT2D eigenvalue weighted by molar-refractivity contribution is -0.142. The van der Waals surface area contributed by atoms with Crippen molar-refractivity contribution in [1.29, 1.82) is 0 Å². The number of hydrogen-bond donors (Lipinski definition) is 2. The van der Waals surface area contributed by atoms with Gasteiger partial charge in [-0.25, -0.2) is 4.79 Å². The van der Waals surface area contributed by atoms with Gasteiger partial charge in [-0.05, 0) is 24.6 Å². The number of hydrogen-bond acceptors (Lipinski definition) is 4. The van der Waals surface area contributed by atoms with Crippen molar-refractivity contribution in [3.63, 3.8) is 0 Å². The molecule has 0 fully saturated rings. The normalized spacial score (nSPS) is 11.6. The SMILES string of the molecule is COC(=O)CC[C@@H](NC(=O)c1cc(Br)ccc1Cl)C(=O)O. The molecule has 2 N–H and O–H groups in total. The van der Waals surface area contributed by atoms with Crippen molar-refractivity contribution in [3.05, 3.63) is 33.3 Å². The first-order chi connectivity index (χ1) is 9.85. The molecule has 6 nitrogen and oxygen atoms in total. The van der Waals surface area contributed by atoms with Crippen LogP contribution in [0.3, 0.4) is 0 Å². The number of carbonyl (C=O) groups is 3. The summed E-state index contributed by atoms with van der Waals surface area (Å²) in [6.07, 6.45) is -0.181. The number of rotatable bonds is 6. The van der Waals surface area contributed by atoms with E-state index in [1.54, 1.807) is 6.07 Å². The molecule has 1 atom stereocenters. The number of nitrogens with one attached hydrogen (secondary N) is 1. The van der Waals surface area contributed by atoms with Gasteiger partial charge in [0.05, 0.1) is 17.7 Å². The fourth-order valence-corrected chi connectivity index (χ4v) is 2.09. The number of ether oxygens (including phenoxy) is 1. The summed E-state index contributed by atoms with van der Waals surface area (Å²) in [4.78, 5) is 34.2. The third kappa shape index (κ3) is 5.35. The first kappa shape index (κ1) is 17.5. The van der Waals surface area contributed by atoms with Gasteiger partial charge in [-0.2, -0.15) is 0 Å². The van der Waals surface area contributed by atoms with Crippen LogP contribution in [0.2, 0.25) is 5.02 Å². The molecule has 1 rings (SSSR count). The third-order valence-corrected chi connectivity index (χ3v) is 3.46. The maximum Gasteiger partial charge on any atom is 0.326 e. The molecule has 0 spiro atoms. The molecular weight excluding hydrogens is 366 g/mol. The number of halogens is 2. The van der Waals surface area contributed by atoms with Crippen LogP contribution < -0.4 is 5.32 Å². The quantitative estimate of drug-likeness (QED) is 0.741. The van der Waals surface area contributed by atoms with Gasteiger partial charge in [-0.3, -0.25) is 9.59 Å². The summed E-state index contributed by atoms with van der Waals surface area (Å²) >= 11 is 9.10. The summed E-state index contributed by atoms with van der Waals surface area (Å²) in [6.45, 7) is 0. The Morgan fingerprint density at radius 3 is 2.67 bits per heavy atom. The Labute approximate surface area is 134 Å². The minimum absolute atomic E-state index is 0.0701. The molecule has 1 aromatic rings. The summed E-state index contributed by atoms with van der Waals surface area (Å²) in [5.74, 6) is -2.41. The van der Waals surface area contributed by atoms with Gasteiger partial charge in [-0.15, -0.1) is 0 Å². The smallest absolute Gasteiger partial charge is 0.326 e. The van der Waals surface area contributed by atoms with Crippen molar-refractivity contribution in [2.75, 3.05) is 7.11 Å². The Balaban J connectivity index is 2.79. The minimum Gasteiger partial charge on any atom is -0.480 e. The average Bonchev–Trinajstić information content (AvgIpc) is 2.44. The second kappa shape index (κ2) is 7.99. The lowest BCUT2D eigenvalue weighted by Crippen LogP contribution is -2.41. The lowest BCUT2D eigenvalue weighted by Gasteiger charge is -2.14. The van der Waals surface area contributed by atoms with Crippen LogP contribution in [0.5, 0.6) is 0 Å². The van der Waals surface area contributed by atoms with Crippen molar-refractivity contribution in [2.45, 2.75) is 18.9 Å². The van der Waals surface area contributed by atoms with E-state index in [1.165, 1.54) is 19.2 Å². The zero-order chi connectivity index (χ0) is 16.0. The van der Waals surface area contributed by atoms with Gasteiger partial charge in [0.15, 0.2) is 0 Å². The van der Waals surface area contributed by atoms with Crippen LogP contribution in [0.1, 0.15) is 23.2 Å². The molecule has 0 aliphatic rings. The molecular formula is C13H13BrClNO5. The summed E-state index contributed by atoms with van der Waals surface area (Å²) < 4.78 is 5.07. The first-order valence-electron chi connectivity index (χ1n) is 5.90. The molecule has 1 amide bonds. The van der Waals surface area contributed by atoms with E-state index >= 15 is 0 Å². The number of carboxylic acid groups (broad SMARTS) is 1. The highest BCUT2D eigenvalue weighted by atomic mass is 79.9. The van der Waals surface area contributed by atoms with Crippen LogP contribution in [-0.2, 0) is 14.3 Å². The highest BCUT2D eigenvalue weighted by Crippen LogP contribution is 2.21. The van der Waals surface area contributed by atoms with E-state index in [0.717, 1.165) is 0 Å². The fourth-order valence-electron chi connectivity index (χ4n) is 1.53. The molecule has 0 aliphatic heterocycles. The summed E-state index contributed by atoms with van der Waals surface area (Å²) in [6, 6.07) is 3.46. The van der Waals surface area contributed by atoms with E-state index in [0.29, 0.717) is 4.47 Å². The van der Waals surface area contributed by atoms with Crippen LogP contribution >= 0.6 is 27.5 Å². The molecule has 0 saturated heterocycles. The third-order valence-electron chi connectivity index (χ3n) is 2.64. The topological polar surface area (TPSA) is 92.7 Å². The largest absolute Gasteiger partial charge is 0.480 e. The van der Waals surface area contributed by atoms with Gasteiger partial charge in [0, 0.05) is 10.9 Å². The highest BCUT2D eigenvalue weighted by molar-refractivity contribution is 9.10. The second-order valence-corrected chi connectivity index (χ2v) is 5.43. The zero-order valence-corrected chi connectivity index (χ0v) is 13.4. The minimum atomic E-state index is -1.24. The maximum absolute atomic E-state index is 12.1. The van der Waals surface area contributed by atoms with Crippen molar-refractivity contribution in [3.8, 4) is 0 Å². The Morgan fingerprint density at radius 1 is 1.43 bits per heavy atom. The average molecular weight is 379 g/mol. The van der Waals surface area contributed by atoms with Crippen molar-refractivity contribution in [2.24, 2.45) is 0 Å². The van der Waals surface area contributed by atoms with Crippen LogP contribution in [0.15, 0.2) is 22.7 Å². The van der Waals surface area contributed by atoms with Gasteiger partial charge in [0.1, 0.15) is 6.04 Å². The Kier molecular flexibility index (Phi) is 6.64. The molecule has 21 heavy (non-hydrogen) atoms. The molecule has 1 aromatic carbocycles. The molecule has 0 heterocycles. The van der Waals surface area contributed by atoms with E-state index in [4.69, 9.17) is 16.7 Å². The number of carbonyl (C=O) groups excluding carboxylic acids is 2. The summed E-state index contributed by atoms with van der Waals surface area (Å²) in [5.41, 5.74) is 0.148. The molecule has 0 aromatic heterocycles. The summed E-state index contributed by atoms with van der Waals surface area (Å²) in [7, 11) is 1.21. The number of methoxy groups -OCH3 is 1. The van der Waals surface area contributed by atoms with Crippen molar-refractivity contribution < 1.29 is 24.2 Å². The fraction of sp³-hybridized carbons (Fsp3) is 0.308. The zero-order valence-electron chi connectivity index (χ0n) is 11.1. The van der Waals surface area contributed by atoms with E-state index in [2.05, 4.69) is 26.0 Å². The van der Waals surface area contributed by atoms with Gasteiger partial charge in [0.2, 0.25) is 0 Å². The van der Waals surface area contributed by atoms with Crippen molar-refractivity contribution >= 4 is 45.4 Å². The van der Waals surface area contributed by atoms with Crippen LogP contribution in [-0.4, -0.2) is 36.1 Å². The number of amides is 1. The number of aliphatic carboxylic acids is 1. The number of benzene rings is 1. The predicted molar refractivity (Wildman–Crippen MR) is 79.3 cm³/mol. The van der Waals surface area contributed by atoms with E-state index in [9.17, 15) is 14.4 Å². The first-order valence-corrected chi connectivity index (χ1v) is 7.07. The molecule has 0 aliphatic carbocycles. The van der Waals surface area contributed by atoms with Gasteiger partial charge in [0.25, 0.3) is 5.91 Å². The Bertz CT molecular complexity index is 563. The van der Waals surface area contributed by atoms with E-state index in [-0.39, 0.29) is 23.4 Å². The molecule has 8 heteroatoms. The Hall–Kier alpha value is -1.60.